The summed E-state index contributed by atoms with van der Waals surface area (Å²) < 4.78 is 57.9. The number of aliphatic hydroxyl groups excluding tert-OH is 1. The van der Waals surface area contributed by atoms with E-state index in [4.69, 9.17) is 14.2 Å². The van der Waals surface area contributed by atoms with Crippen LogP contribution < -0.4 is 24.8 Å². The lowest BCUT2D eigenvalue weighted by molar-refractivity contribution is 0.0387. The number of urea groups is 1. The lowest BCUT2D eigenvalue weighted by Gasteiger charge is -2.38. The van der Waals surface area contributed by atoms with Crippen molar-refractivity contribution >= 4 is 33.3 Å². The first-order valence-electron chi connectivity index (χ1n) is 13.9. The maximum atomic E-state index is 13.7. The van der Waals surface area contributed by atoms with E-state index < -0.39 is 39.9 Å². The molecule has 0 spiro atoms. The molecule has 3 amide bonds. The molecule has 12 nitrogen and oxygen atoms in total. The SMILES string of the molecule is C[C@H](CO)N1C[C@H](C)[C@H](CN(C)S(=O)(=O)c2ccc(F)cc2)Oc2ccc(NC(=O)Nc3ccc4c(c3)OCO4)cc2C1=O. The molecular weight excluding hydrogens is 595 g/mol. The van der Waals surface area contributed by atoms with E-state index in [0.29, 0.717) is 22.9 Å². The fourth-order valence-electron chi connectivity index (χ4n) is 4.92. The Balaban J connectivity index is 1.38. The average molecular weight is 629 g/mol. The third-order valence-electron chi connectivity index (χ3n) is 7.51. The Morgan fingerprint density at radius 2 is 1.68 bits per heavy atom. The third kappa shape index (κ3) is 6.56. The summed E-state index contributed by atoms with van der Waals surface area (Å²) >= 11 is 0. The van der Waals surface area contributed by atoms with Gasteiger partial charge in [-0.15, -0.1) is 0 Å². The molecule has 234 valence electrons. The number of likely N-dealkylation sites (N-methyl/N-ethyl adjacent to an activating group) is 1. The van der Waals surface area contributed by atoms with Gasteiger partial charge >= 0.3 is 6.03 Å². The summed E-state index contributed by atoms with van der Waals surface area (Å²) in [5.41, 5.74) is 0.903. The second kappa shape index (κ2) is 12.7. The summed E-state index contributed by atoms with van der Waals surface area (Å²) in [6.07, 6.45) is -0.705. The molecule has 44 heavy (non-hydrogen) atoms. The van der Waals surface area contributed by atoms with E-state index in [1.807, 2.05) is 6.92 Å². The monoisotopic (exact) mass is 628 g/mol. The van der Waals surface area contributed by atoms with E-state index in [-0.39, 0.29) is 48.6 Å². The topological polar surface area (TPSA) is 147 Å². The Morgan fingerprint density at radius 3 is 2.36 bits per heavy atom. The van der Waals surface area contributed by atoms with Gasteiger partial charge in [-0.05, 0) is 61.5 Å². The molecule has 0 aromatic heterocycles. The van der Waals surface area contributed by atoms with Gasteiger partial charge < -0.3 is 34.9 Å². The predicted octanol–water partition coefficient (Wildman–Crippen LogP) is 3.74. The van der Waals surface area contributed by atoms with Gasteiger partial charge in [0.1, 0.15) is 17.7 Å². The summed E-state index contributed by atoms with van der Waals surface area (Å²) in [5.74, 6) is -0.0521. The van der Waals surface area contributed by atoms with Crippen molar-refractivity contribution < 1.29 is 41.7 Å². The number of rotatable bonds is 8. The second-order valence-corrected chi connectivity index (χ2v) is 12.8. The highest BCUT2D eigenvalue weighted by molar-refractivity contribution is 7.89. The number of hydrogen-bond donors (Lipinski definition) is 3. The van der Waals surface area contributed by atoms with E-state index in [2.05, 4.69) is 10.6 Å². The van der Waals surface area contributed by atoms with Crippen molar-refractivity contribution in [1.82, 2.24) is 9.21 Å². The first-order valence-corrected chi connectivity index (χ1v) is 15.3. The number of carbonyl (C=O) groups excluding carboxylic acids is 2. The van der Waals surface area contributed by atoms with Crippen LogP contribution in [0.3, 0.4) is 0 Å². The number of ether oxygens (including phenoxy) is 3. The Hall–Kier alpha value is -4.40. The molecule has 0 unspecified atom stereocenters. The Bertz CT molecular complexity index is 1650. The smallest absolute Gasteiger partial charge is 0.323 e. The van der Waals surface area contributed by atoms with Gasteiger partial charge in [0.15, 0.2) is 11.5 Å². The minimum Gasteiger partial charge on any atom is -0.488 e. The summed E-state index contributed by atoms with van der Waals surface area (Å²) in [6, 6.07) is 13.0. The van der Waals surface area contributed by atoms with Crippen LogP contribution >= 0.6 is 0 Å². The van der Waals surface area contributed by atoms with Crippen LogP contribution in [0.1, 0.15) is 24.2 Å². The van der Waals surface area contributed by atoms with E-state index in [0.717, 1.165) is 16.4 Å². The molecule has 5 rings (SSSR count). The Kier molecular flexibility index (Phi) is 8.95. The molecule has 3 N–H and O–H groups in total. The fourth-order valence-corrected chi connectivity index (χ4v) is 6.11. The van der Waals surface area contributed by atoms with Crippen molar-refractivity contribution in [2.75, 3.05) is 44.2 Å². The normalized spacial score (nSPS) is 18.6. The van der Waals surface area contributed by atoms with Gasteiger partial charge in [-0.2, -0.15) is 4.31 Å². The second-order valence-electron chi connectivity index (χ2n) is 10.7. The Labute approximate surface area is 254 Å². The van der Waals surface area contributed by atoms with Crippen LogP contribution in [0.2, 0.25) is 0 Å². The quantitative estimate of drug-likeness (QED) is 0.342. The van der Waals surface area contributed by atoms with E-state index in [1.165, 1.54) is 36.2 Å². The van der Waals surface area contributed by atoms with Crippen LogP contribution in [0.4, 0.5) is 20.6 Å². The number of anilines is 2. The number of nitrogens with one attached hydrogen (secondary N) is 2. The summed E-state index contributed by atoms with van der Waals surface area (Å²) in [5, 5.41) is 15.3. The molecule has 3 aromatic rings. The summed E-state index contributed by atoms with van der Waals surface area (Å²) in [7, 11) is -2.57. The maximum absolute atomic E-state index is 13.7. The third-order valence-corrected chi connectivity index (χ3v) is 9.35. The first-order chi connectivity index (χ1) is 21.0. The molecule has 0 radical (unpaired) electrons. The zero-order chi connectivity index (χ0) is 31.6. The first kappa shape index (κ1) is 31.0. The molecule has 0 saturated carbocycles. The molecule has 3 aromatic carbocycles. The molecule has 0 aliphatic carbocycles. The molecule has 3 atom stereocenters. The van der Waals surface area contributed by atoms with Gasteiger partial charge in [0.05, 0.1) is 29.7 Å². The molecule has 2 aliphatic rings. The van der Waals surface area contributed by atoms with Crippen LogP contribution in [-0.2, 0) is 10.0 Å². The highest BCUT2D eigenvalue weighted by Gasteiger charge is 2.35. The summed E-state index contributed by atoms with van der Waals surface area (Å²) in [4.78, 5) is 27.9. The molecule has 2 aliphatic heterocycles. The van der Waals surface area contributed by atoms with Gasteiger partial charge in [-0.3, -0.25) is 4.79 Å². The van der Waals surface area contributed by atoms with Crippen LogP contribution in [0.5, 0.6) is 17.2 Å². The number of halogens is 1. The van der Waals surface area contributed by atoms with Crippen LogP contribution in [-0.4, -0.2) is 80.4 Å². The molecule has 0 fully saturated rings. The lowest BCUT2D eigenvalue weighted by atomic mass is 9.99. The van der Waals surface area contributed by atoms with Gasteiger partial charge in [0, 0.05) is 37.0 Å². The highest BCUT2D eigenvalue weighted by Crippen LogP contribution is 2.35. The minimum absolute atomic E-state index is 0.0688. The van der Waals surface area contributed by atoms with Crippen LogP contribution in [0.25, 0.3) is 0 Å². The van der Waals surface area contributed by atoms with Crippen molar-refractivity contribution in [3.05, 3.63) is 72.0 Å². The van der Waals surface area contributed by atoms with Gasteiger partial charge in [0.25, 0.3) is 5.91 Å². The number of fused-ring (bicyclic) bond motifs is 2. The van der Waals surface area contributed by atoms with Gasteiger partial charge in [-0.25, -0.2) is 17.6 Å². The molecule has 0 saturated heterocycles. The van der Waals surface area contributed by atoms with E-state index in [9.17, 15) is 27.5 Å². The predicted molar refractivity (Wildman–Crippen MR) is 159 cm³/mol. The molecular formula is C30H33FN4O8S. The fraction of sp³-hybridized carbons (Fsp3) is 0.333. The largest absolute Gasteiger partial charge is 0.488 e. The van der Waals surface area contributed by atoms with Crippen molar-refractivity contribution in [3.8, 4) is 17.2 Å². The highest BCUT2D eigenvalue weighted by atomic mass is 32.2. The van der Waals surface area contributed by atoms with Crippen LogP contribution in [0.15, 0.2) is 65.6 Å². The number of sulfonamides is 1. The zero-order valence-electron chi connectivity index (χ0n) is 24.3. The number of aliphatic hydroxyl groups is 1. The molecule has 0 bridgehead atoms. The van der Waals surface area contributed by atoms with Crippen LogP contribution in [0, 0.1) is 11.7 Å². The van der Waals surface area contributed by atoms with Gasteiger partial charge in [-0.1, -0.05) is 6.92 Å². The average Bonchev–Trinajstić information content (AvgIpc) is 3.47. The maximum Gasteiger partial charge on any atom is 0.323 e. The number of benzene rings is 3. The number of carbonyl (C=O) groups is 2. The van der Waals surface area contributed by atoms with Crippen molar-refractivity contribution in [3.63, 3.8) is 0 Å². The number of amides is 3. The van der Waals surface area contributed by atoms with Crippen molar-refractivity contribution in [1.29, 1.82) is 0 Å². The van der Waals surface area contributed by atoms with Crippen molar-refractivity contribution in [2.45, 2.75) is 30.9 Å². The number of hydrogen-bond acceptors (Lipinski definition) is 8. The Morgan fingerprint density at radius 1 is 1.05 bits per heavy atom. The van der Waals surface area contributed by atoms with E-state index >= 15 is 0 Å². The number of nitrogens with zero attached hydrogens (tertiary/aromatic N) is 2. The summed E-state index contributed by atoms with van der Waals surface area (Å²) in [6.45, 7) is 3.42. The minimum atomic E-state index is -3.97. The standard InChI is InChI=1S/C30H33FN4O8S/c1-18-14-35(19(2)16-36)29(37)24-12-21(32-30(38)33-22-7-11-26-27(13-22)42-17-41-26)6-10-25(24)43-28(18)15-34(3)44(39,40)23-8-4-20(31)5-9-23/h4-13,18-19,28,36H,14-17H2,1-3H3,(H2,32,33,38)/t18-,19+,28-/m0/s1. The lowest BCUT2D eigenvalue weighted by Crippen LogP contribution is -2.50. The zero-order valence-corrected chi connectivity index (χ0v) is 25.1. The van der Waals surface area contributed by atoms with Gasteiger partial charge in [0.2, 0.25) is 16.8 Å². The van der Waals surface area contributed by atoms with Crippen molar-refractivity contribution in [2.24, 2.45) is 5.92 Å². The molecule has 14 heteroatoms. The molecule has 2 heterocycles. The van der Waals surface area contributed by atoms with E-state index in [1.54, 1.807) is 31.2 Å².